The molecule has 0 aliphatic carbocycles. The van der Waals surface area contributed by atoms with E-state index in [4.69, 9.17) is 4.74 Å². The summed E-state index contributed by atoms with van der Waals surface area (Å²) < 4.78 is 5.27. The highest BCUT2D eigenvalue weighted by molar-refractivity contribution is 5.68. The molecule has 1 aromatic heterocycles. The number of nitrogens with zero attached hydrogens (tertiary/aromatic N) is 1. The van der Waals surface area contributed by atoms with Crippen LogP contribution in [0.1, 0.15) is 26.3 Å². The number of aromatic amines is 1. The molecule has 0 bridgehead atoms. The van der Waals surface area contributed by atoms with E-state index < -0.39 is 11.7 Å². The van der Waals surface area contributed by atoms with Crippen molar-refractivity contribution in [3.8, 4) is 0 Å². The zero-order chi connectivity index (χ0) is 13.8. The maximum Gasteiger partial charge on any atom is 0.410 e. The molecule has 0 fully saturated rings. The fraction of sp³-hybridized carbons (Fsp3) is 0.615. The summed E-state index contributed by atoms with van der Waals surface area (Å²) in [6.07, 6.45) is 3.84. The molecule has 102 valence electrons. The molecule has 0 saturated heterocycles. The summed E-state index contributed by atoms with van der Waals surface area (Å²) in [4.78, 5) is 16.3. The van der Waals surface area contributed by atoms with Crippen LogP contribution in [0.4, 0.5) is 4.79 Å². The fourth-order valence-electron chi connectivity index (χ4n) is 1.56. The van der Waals surface area contributed by atoms with Crippen molar-refractivity contribution in [2.45, 2.75) is 38.8 Å². The standard InChI is InChI=1S/C13H22N2O3/c1-13(2,3)18-12(17)15(4)11(9-16)7-10-5-6-14-8-10/h5-6,8,11,14,16H,7,9H2,1-4H3. The third-order valence-corrected chi connectivity index (χ3v) is 2.57. The van der Waals surface area contributed by atoms with Gasteiger partial charge in [-0.05, 0) is 38.8 Å². The Morgan fingerprint density at radius 2 is 2.22 bits per heavy atom. The van der Waals surface area contributed by atoms with Crippen molar-refractivity contribution in [1.29, 1.82) is 0 Å². The molecule has 1 heterocycles. The van der Waals surface area contributed by atoms with Crippen LogP contribution in [0.15, 0.2) is 18.5 Å². The van der Waals surface area contributed by atoms with Crippen molar-refractivity contribution in [2.75, 3.05) is 13.7 Å². The van der Waals surface area contributed by atoms with E-state index >= 15 is 0 Å². The Balaban J connectivity index is 2.61. The van der Waals surface area contributed by atoms with E-state index in [1.54, 1.807) is 7.05 Å². The SMILES string of the molecule is CN(C(=O)OC(C)(C)C)C(CO)Cc1cc[nH]c1. The number of hydrogen-bond acceptors (Lipinski definition) is 3. The van der Waals surface area contributed by atoms with Crippen molar-refractivity contribution in [1.82, 2.24) is 9.88 Å². The number of aromatic nitrogens is 1. The van der Waals surface area contributed by atoms with Gasteiger partial charge in [0.2, 0.25) is 0 Å². The molecule has 0 aliphatic rings. The number of rotatable bonds is 4. The van der Waals surface area contributed by atoms with E-state index in [0.29, 0.717) is 6.42 Å². The lowest BCUT2D eigenvalue weighted by Gasteiger charge is -2.29. The first-order valence-electron chi connectivity index (χ1n) is 6.02. The number of H-pyrrole nitrogens is 1. The van der Waals surface area contributed by atoms with Crippen LogP contribution in [-0.4, -0.2) is 46.4 Å². The predicted octanol–water partition coefficient (Wildman–Crippen LogP) is 1.79. The summed E-state index contributed by atoms with van der Waals surface area (Å²) in [6.45, 7) is 5.36. The van der Waals surface area contributed by atoms with Gasteiger partial charge in [-0.15, -0.1) is 0 Å². The quantitative estimate of drug-likeness (QED) is 0.860. The van der Waals surface area contributed by atoms with Crippen molar-refractivity contribution < 1.29 is 14.6 Å². The third-order valence-electron chi connectivity index (χ3n) is 2.57. The summed E-state index contributed by atoms with van der Waals surface area (Å²) in [7, 11) is 1.64. The van der Waals surface area contributed by atoms with Gasteiger partial charge in [0.1, 0.15) is 5.60 Å². The number of likely N-dealkylation sites (N-methyl/N-ethyl adjacent to an activating group) is 1. The number of hydrogen-bond donors (Lipinski definition) is 2. The maximum atomic E-state index is 11.9. The van der Waals surface area contributed by atoms with Crippen LogP contribution in [0.3, 0.4) is 0 Å². The number of amides is 1. The van der Waals surface area contributed by atoms with Gasteiger partial charge in [-0.1, -0.05) is 0 Å². The highest BCUT2D eigenvalue weighted by Crippen LogP contribution is 2.13. The van der Waals surface area contributed by atoms with Crippen LogP contribution in [-0.2, 0) is 11.2 Å². The Labute approximate surface area is 108 Å². The van der Waals surface area contributed by atoms with E-state index in [-0.39, 0.29) is 12.6 Å². The smallest absolute Gasteiger partial charge is 0.410 e. The summed E-state index contributed by atoms with van der Waals surface area (Å²) in [5.74, 6) is 0. The number of aliphatic hydroxyl groups is 1. The molecule has 2 N–H and O–H groups in total. The van der Waals surface area contributed by atoms with Gasteiger partial charge >= 0.3 is 6.09 Å². The minimum absolute atomic E-state index is 0.0963. The van der Waals surface area contributed by atoms with Crippen LogP contribution in [0, 0.1) is 0 Å². The molecule has 0 aromatic carbocycles. The zero-order valence-electron chi connectivity index (χ0n) is 11.4. The van der Waals surface area contributed by atoms with Crippen LogP contribution in [0.5, 0.6) is 0 Å². The Hall–Kier alpha value is -1.49. The van der Waals surface area contributed by atoms with Crippen molar-refractivity contribution in [2.24, 2.45) is 0 Å². The van der Waals surface area contributed by atoms with Crippen molar-refractivity contribution in [3.05, 3.63) is 24.0 Å². The number of ether oxygens (including phenoxy) is 1. The molecule has 5 nitrogen and oxygen atoms in total. The van der Waals surface area contributed by atoms with Gasteiger partial charge in [-0.3, -0.25) is 0 Å². The van der Waals surface area contributed by atoms with Gasteiger partial charge in [0.25, 0.3) is 0 Å². The van der Waals surface area contributed by atoms with Gasteiger partial charge < -0.3 is 19.7 Å². The minimum Gasteiger partial charge on any atom is -0.444 e. The third kappa shape index (κ3) is 4.41. The highest BCUT2D eigenvalue weighted by atomic mass is 16.6. The van der Waals surface area contributed by atoms with Gasteiger partial charge in [0.15, 0.2) is 0 Å². The molecule has 1 atom stereocenters. The average molecular weight is 254 g/mol. The van der Waals surface area contributed by atoms with Gasteiger partial charge in [0.05, 0.1) is 12.6 Å². The number of aliphatic hydroxyl groups excluding tert-OH is 1. The minimum atomic E-state index is -0.528. The molecule has 5 heteroatoms. The molecule has 1 amide bonds. The monoisotopic (exact) mass is 254 g/mol. The lowest BCUT2D eigenvalue weighted by atomic mass is 10.1. The second-order valence-corrected chi connectivity index (χ2v) is 5.35. The summed E-state index contributed by atoms with van der Waals surface area (Å²) in [6, 6.07) is 1.64. The Morgan fingerprint density at radius 3 is 2.67 bits per heavy atom. The fourth-order valence-corrected chi connectivity index (χ4v) is 1.56. The van der Waals surface area contributed by atoms with Gasteiger partial charge in [0, 0.05) is 19.4 Å². The molecular formula is C13H22N2O3. The number of carbonyl (C=O) groups is 1. The first kappa shape index (κ1) is 14.6. The molecule has 0 spiro atoms. The lowest BCUT2D eigenvalue weighted by Crippen LogP contribution is -2.43. The molecule has 18 heavy (non-hydrogen) atoms. The topological polar surface area (TPSA) is 65.6 Å². The Kier molecular flexibility index (Phi) is 4.78. The summed E-state index contributed by atoms with van der Waals surface area (Å²) in [5, 5.41) is 9.38. The molecule has 1 unspecified atom stereocenters. The van der Waals surface area contributed by atoms with E-state index in [2.05, 4.69) is 4.98 Å². The molecule has 1 rings (SSSR count). The van der Waals surface area contributed by atoms with E-state index in [1.165, 1.54) is 4.90 Å². The van der Waals surface area contributed by atoms with Gasteiger partial charge in [-0.2, -0.15) is 0 Å². The Bertz CT molecular complexity index is 368. The van der Waals surface area contributed by atoms with E-state index in [0.717, 1.165) is 5.56 Å². The Morgan fingerprint density at radius 1 is 1.56 bits per heavy atom. The van der Waals surface area contributed by atoms with E-state index in [9.17, 15) is 9.90 Å². The predicted molar refractivity (Wildman–Crippen MR) is 69.4 cm³/mol. The molecular weight excluding hydrogens is 232 g/mol. The van der Waals surface area contributed by atoms with Crippen LogP contribution < -0.4 is 0 Å². The first-order chi connectivity index (χ1) is 8.33. The average Bonchev–Trinajstić information content (AvgIpc) is 2.75. The molecule has 0 aliphatic heterocycles. The molecule has 1 aromatic rings. The first-order valence-corrected chi connectivity index (χ1v) is 6.02. The normalized spacial score (nSPS) is 13.2. The highest BCUT2D eigenvalue weighted by Gasteiger charge is 2.25. The number of carbonyl (C=O) groups excluding carboxylic acids is 1. The van der Waals surface area contributed by atoms with Gasteiger partial charge in [-0.25, -0.2) is 4.79 Å². The maximum absolute atomic E-state index is 11.9. The summed E-state index contributed by atoms with van der Waals surface area (Å²) >= 11 is 0. The second kappa shape index (κ2) is 5.91. The van der Waals surface area contributed by atoms with Crippen LogP contribution >= 0.6 is 0 Å². The van der Waals surface area contributed by atoms with Crippen LogP contribution in [0.2, 0.25) is 0 Å². The summed E-state index contributed by atoms with van der Waals surface area (Å²) in [5.41, 5.74) is 0.517. The van der Waals surface area contributed by atoms with Crippen molar-refractivity contribution >= 4 is 6.09 Å². The second-order valence-electron chi connectivity index (χ2n) is 5.35. The molecule has 0 radical (unpaired) electrons. The van der Waals surface area contributed by atoms with E-state index in [1.807, 2.05) is 39.2 Å². The van der Waals surface area contributed by atoms with Crippen LogP contribution in [0.25, 0.3) is 0 Å². The van der Waals surface area contributed by atoms with Crippen molar-refractivity contribution in [3.63, 3.8) is 0 Å². The number of nitrogens with one attached hydrogen (secondary N) is 1. The lowest BCUT2D eigenvalue weighted by molar-refractivity contribution is 0.0163. The molecule has 0 saturated carbocycles. The zero-order valence-corrected chi connectivity index (χ0v) is 11.4. The largest absolute Gasteiger partial charge is 0.444 e.